The molecule has 5 heterocycles. The molecule has 3 fully saturated rings. The van der Waals surface area contributed by atoms with E-state index in [0.29, 0.717) is 38.2 Å². The molecule has 0 saturated carbocycles. The van der Waals surface area contributed by atoms with Crippen LogP contribution in [0.4, 0.5) is 0 Å². The summed E-state index contributed by atoms with van der Waals surface area (Å²) in [6.45, 7) is 5.39. The van der Waals surface area contributed by atoms with E-state index in [2.05, 4.69) is 4.98 Å². The topological polar surface area (TPSA) is 83.0 Å². The van der Waals surface area contributed by atoms with Crippen molar-refractivity contribution in [2.24, 2.45) is 11.8 Å². The minimum absolute atomic E-state index is 0.0206. The molecule has 3 saturated heterocycles. The van der Waals surface area contributed by atoms with Crippen LogP contribution in [-0.2, 0) is 19.9 Å². The van der Waals surface area contributed by atoms with Gasteiger partial charge in [-0.3, -0.25) is 14.6 Å². The lowest BCUT2D eigenvalue weighted by Gasteiger charge is -2.39. The predicted molar refractivity (Wildman–Crippen MR) is 105 cm³/mol. The number of hydrogen-bond acceptors (Lipinski definition) is 5. The molecule has 154 valence electrons. The van der Waals surface area contributed by atoms with Crippen molar-refractivity contribution in [3.63, 3.8) is 0 Å². The van der Waals surface area contributed by atoms with E-state index in [1.807, 2.05) is 49.1 Å². The van der Waals surface area contributed by atoms with Crippen molar-refractivity contribution < 1.29 is 19.4 Å². The van der Waals surface area contributed by atoms with Crippen LogP contribution < -0.4 is 0 Å². The van der Waals surface area contributed by atoms with Crippen LogP contribution in [0.25, 0.3) is 0 Å². The summed E-state index contributed by atoms with van der Waals surface area (Å²) in [5.41, 5.74) is -1.02. The Hall–Kier alpha value is -2.25. The van der Waals surface area contributed by atoms with Crippen molar-refractivity contribution in [2.75, 3.05) is 19.6 Å². The lowest BCUT2D eigenvalue weighted by atomic mass is 9.76. The Morgan fingerprint density at radius 2 is 2.07 bits per heavy atom. The molecule has 4 aliphatic heterocycles. The number of hydrogen-bond donors (Lipinski definition) is 1. The maximum absolute atomic E-state index is 13.4. The van der Waals surface area contributed by atoms with Gasteiger partial charge in [0, 0.05) is 25.3 Å². The molecule has 7 nitrogen and oxygen atoms in total. The first-order valence-electron chi connectivity index (χ1n) is 10.4. The summed E-state index contributed by atoms with van der Waals surface area (Å²) in [5, 5.41) is 11.0. The van der Waals surface area contributed by atoms with Gasteiger partial charge in [-0.1, -0.05) is 18.2 Å². The number of aliphatic hydroxyl groups is 1. The second kappa shape index (κ2) is 6.37. The molecule has 0 unspecified atom stereocenters. The number of piperidine rings is 1. The molecule has 7 heteroatoms. The van der Waals surface area contributed by atoms with Gasteiger partial charge in [0.15, 0.2) is 0 Å². The number of nitrogens with zero attached hydrogens (tertiary/aromatic N) is 3. The average Bonchev–Trinajstić information content (AvgIpc) is 3.37. The summed E-state index contributed by atoms with van der Waals surface area (Å²) in [5.74, 6) is -0.929. The number of pyridine rings is 1. The van der Waals surface area contributed by atoms with Crippen molar-refractivity contribution >= 4 is 11.8 Å². The maximum Gasteiger partial charge on any atom is 0.230 e. The zero-order valence-electron chi connectivity index (χ0n) is 16.8. The van der Waals surface area contributed by atoms with Gasteiger partial charge in [0.25, 0.3) is 0 Å². The molecule has 5 rings (SSSR count). The van der Waals surface area contributed by atoms with Gasteiger partial charge in [-0.2, -0.15) is 0 Å². The predicted octanol–water partition coefficient (Wildman–Crippen LogP) is 1.08. The summed E-state index contributed by atoms with van der Waals surface area (Å²) in [7, 11) is 0. The van der Waals surface area contributed by atoms with E-state index in [4.69, 9.17) is 4.74 Å². The molecule has 2 bridgehead atoms. The average molecular weight is 397 g/mol. The van der Waals surface area contributed by atoms with Gasteiger partial charge < -0.3 is 19.6 Å². The largest absolute Gasteiger partial charge is 0.383 e. The Bertz CT molecular complexity index is 862. The summed E-state index contributed by atoms with van der Waals surface area (Å²) in [4.78, 5) is 34.4. The third-order valence-electron chi connectivity index (χ3n) is 7.08. The van der Waals surface area contributed by atoms with Gasteiger partial charge in [-0.05, 0) is 38.8 Å². The lowest BCUT2D eigenvalue weighted by molar-refractivity contribution is -0.147. The van der Waals surface area contributed by atoms with E-state index in [1.54, 1.807) is 11.1 Å². The minimum atomic E-state index is -1.01. The van der Waals surface area contributed by atoms with Crippen LogP contribution >= 0.6 is 0 Å². The third kappa shape index (κ3) is 2.67. The highest BCUT2D eigenvalue weighted by Gasteiger charge is 2.67. The molecule has 2 amide bonds. The van der Waals surface area contributed by atoms with Crippen molar-refractivity contribution in [3.05, 3.63) is 42.2 Å². The number of aromatic nitrogens is 1. The van der Waals surface area contributed by atoms with Crippen LogP contribution in [0.1, 0.15) is 32.4 Å². The highest BCUT2D eigenvalue weighted by Crippen LogP contribution is 2.53. The fraction of sp³-hybridized carbons (Fsp3) is 0.591. The number of fused-ring (bicyclic) bond motifs is 1. The zero-order valence-corrected chi connectivity index (χ0v) is 16.8. The Morgan fingerprint density at radius 1 is 1.31 bits per heavy atom. The van der Waals surface area contributed by atoms with E-state index < -0.39 is 23.0 Å². The van der Waals surface area contributed by atoms with E-state index >= 15 is 0 Å². The molecular formula is C22H27N3O4. The number of carbonyl (C=O) groups is 2. The first kappa shape index (κ1) is 18.8. The van der Waals surface area contributed by atoms with Gasteiger partial charge in [-0.15, -0.1) is 0 Å². The second-order valence-corrected chi connectivity index (χ2v) is 9.03. The van der Waals surface area contributed by atoms with E-state index in [-0.39, 0.29) is 24.0 Å². The van der Waals surface area contributed by atoms with Gasteiger partial charge in [0.2, 0.25) is 11.8 Å². The van der Waals surface area contributed by atoms with Gasteiger partial charge in [-0.25, -0.2) is 0 Å². The molecule has 1 aromatic heterocycles. The molecule has 0 radical (unpaired) electrons. The van der Waals surface area contributed by atoms with E-state index in [0.717, 1.165) is 0 Å². The van der Waals surface area contributed by atoms with E-state index in [1.165, 1.54) is 0 Å². The van der Waals surface area contributed by atoms with Crippen LogP contribution in [0.15, 0.2) is 36.5 Å². The summed E-state index contributed by atoms with van der Waals surface area (Å²) in [6.07, 6.45) is 6.15. The molecule has 29 heavy (non-hydrogen) atoms. The quantitative estimate of drug-likeness (QED) is 0.772. The highest BCUT2D eigenvalue weighted by molar-refractivity contribution is 5.93. The number of ether oxygens (including phenoxy) is 1. The molecule has 1 spiro atoms. The molecule has 4 atom stereocenters. The van der Waals surface area contributed by atoms with Crippen LogP contribution in [0.3, 0.4) is 0 Å². The summed E-state index contributed by atoms with van der Waals surface area (Å²) >= 11 is 0. The fourth-order valence-electron chi connectivity index (χ4n) is 5.45. The van der Waals surface area contributed by atoms with Crippen molar-refractivity contribution in [1.29, 1.82) is 0 Å². The zero-order chi connectivity index (χ0) is 20.4. The fourth-order valence-corrected chi connectivity index (χ4v) is 5.45. The molecule has 1 aromatic rings. The summed E-state index contributed by atoms with van der Waals surface area (Å²) in [6, 6.07) is 5.59. The monoisotopic (exact) mass is 397 g/mol. The Kier molecular flexibility index (Phi) is 4.12. The molecule has 0 aliphatic carbocycles. The van der Waals surface area contributed by atoms with E-state index in [9.17, 15) is 14.7 Å². The van der Waals surface area contributed by atoms with Crippen molar-refractivity contribution in [1.82, 2.24) is 14.8 Å². The molecule has 1 N–H and O–H groups in total. The van der Waals surface area contributed by atoms with Crippen LogP contribution in [0.2, 0.25) is 0 Å². The van der Waals surface area contributed by atoms with Gasteiger partial charge >= 0.3 is 0 Å². The minimum Gasteiger partial charge on any atom is -0.383 e. The number of carbonyl (C=O) groups excluding carboxylic acids is 2. The number of likely N-dealkylation sites (tertiary alicyclic amines) is 2. The molecule has 4 aliphatic rings. The van der Waals surface area contributed by atoms with Crippen LogP contribution in [0, 0.1) is 11.8 Å². The molecule has 0 aromatic carbocycles. The summed E-state index contributed by atoms with van der Waals surface area (Å²) < 4.78 is 6.19. The first-order valence-corrected chi connectivity index (χ1v) is 10.4. The second-order valence-electron chi connectivity index (χ2n) is 9.03. The third-order valence-corrected chi connectivity index (χ3v) is 7.08. The highest BCUT2D eigenvalue weighted by atomic mass is 16.5. The first-order chi connectivity index (χ1) is 13.8. The van der Waals surface area contributed by atoms with Gasteiger partial charge in [0.05, 0.1) is 30.2 Å². The number of rotatable bonds is 3. The number of amides is 2. The normalized spacial score (nSPS) is 34.9. The Labute approximate surface area is 170 Å². The SMILES string of the molecule is CC(C)N1C[C@@]23C=C[C@@H](O2)[C@H](C(=O)N2CCC(O)(c4ccccn4)CC2)[C@@H]3C1=O. The molecular weight excluding hydrogens is 370 g/mol. The van der Waals surface area contributed by atoms with Crippen LogP contribution in [0.5, 0.6) is 0 Å². The van der Waals surface area contributed by atoms with Crippen LogP contribution in [-0.4, -0.2) is 69.1 Å². The smallest absolute Gasteiger partial charge is 0.230 e. The Morgan fingerprint density at radius 3 is 2.72 bits per heavy atom. The maximum atomic E-state index is 13.4. The standard InChI is InChI=1S/C22H27N3O4/c1-14(2)25-13-22-7-6-15(29-22)17(18(22)20(25)27)19(26)24-11-8-21(28,9-12-24)16-5-3-4-10-23-16/h3-7,10,14-15,17-18,28H,8-9,11-13H2,1-2H3/t15-,17+,18-,22-/m1/s1. The Balaban J connectivity index is 1.33. The lowest BCUT2D eigenvalue weighted by Crippen LogP contribution is -2.51. The van der Waals surface area contributed by atoms with Crippen molar-refractivity contribution in [2.45, 2.75) is 50.0 Å². The van der Waals surface area contributed by atoms with Gasteiger partial charge in [0.1, 0.15) is 11.2 Å². The van der Waals surface area contributed by atoms with Crippen molar-refractivity contribution in [3.8, 4) is 0 Å².